The first kappa shape index (κ1) is 15.9. The van der Waals surface area contributed by atoms with E-state index < -0.39 is 0 Å². The van der Waals surface area contributed by atoms with Gasteiger partial charge in [-0.05, 0) is 38.1 Å². The first-order valence-electron chi connectivity index (χ1n) is 7.70. The van der Waals surface area contributed by atoms with Gasteiger partial charge < -0.3 is 10.1 Å². The number of fused-ring (bicyclic) bond motifs is 1. The predicted molar refractivity (Wildman–Crippen MR) is 85.4 cm³/mol. The van der Waals surface area contributed by atoms with Crippen molar-refractivity contribution in [3.8, 4) is 0 Å². The van der Waals surface area contributed by atoms with Gasteiger partial charge >= 0.3 is 0 Å². The zero-order valence-electron chi connectivity index (χ0n) is 13.5. The highest BCUT2D eigenvalue weighted by atomic mass is 32.1. The lowest BCUT2D eigenvalue weighted by Gasteiger charge is -2.34. The first-order chi connectivity index (χ1) is 9.45. The van der Waals surface area contributed by atoms with Crippen LogP contribution in [0.1, 0.15) is 62.2 Å². The Labute approximate surface area is 127 Å². The van der Waals surface area contributed by atoms with E-state index in [0.717, 1.165) is 19.4 Å². The number of methoxy groups -OCH3 is 1. The lowest BCUT2D eigenvalue weighted by atomic mass is 9.76. The quantitative estimate of drug-likeness (QED) is 0.868. The lowest BCUT2D eigenvalue weighted by Crippen LogP contribution is -2.33. The molecule has 4 heteroatoms. The second-order valence-corrected chi connectivity index (χ2v) is 7.84. The van der Waals surface area contributed by atoms with Gasteiger partial charge in [0.15, 0.2) is 0 Å². The number of aromatic nitrogens is 1. The highest BCUT2D eigenvalue weighted by Gasteiger charge is 2.34. The van der Waals surface area contributed by atoms with Gasteiger partial charge in [-0.15, -0.1) is 11.3 Å². The Morgan fingerprint density at radius 1 is 1.50 bits per heavy atom. The van der Waals surface area contributed by atoms with Crippen LogP contribution in [0.3, 0.4) is 0 Å². The Morgan fingerprint density at radius 3 is 2.90 bits per heavy atom. The van der Waals surface area contributed by atoms with E-state index in [0.29, 0.717) is 11.5 Å². The van der Waals surface area contributed by atoms with Gasteiger partial charge in [0.1, 0.15) is 0 Å². The normalized spacial score (nSPS) is 22.6. The molecule has 0 aliphatic heterocycles. The molecule has 2 rings (SSSR count). The summed E-state index contributed by atoms with van der Waals surface area (Å²) >= 11 is 1.88. The van der Waals surface area contributed by atoms with E-state index in [2.05, 4.69) is 33.0 Å². The molecule has 0 amide bonds. The fourth-order valence-electron chi connectivity index (χ4n) is 2.88. The Morgan fingerprint density at radius 2 is 2.25 bits per heavy atom. The van der Waals surface area contributed by atoms with Gasteiger partial charge in [0.05, 0.1) is 16.8 Å². The van der Waals surface area contributed by atoms with E-state index in [1.807, 2.05) is 11.3 Å². The van der Waals surface area contributed by atoms with E-state index in [9.17, 15) is 0 Å². The minimum absolute atomic E-state index is 0.248. The van der Waals surface area contributed by atoms with Crippen molar-refractivity contribution in [3.05, 3.63) is 15.6 Å². The summed E-state index contributed by atoms with van der Waals surface area (Å²) in [5.74, 6) is 0. The molecular weight excluding hydrogens is 268 g/mol. The van der Waals surface area contributed by atoms with E-state index >= 15 is 0 Å². The van der Waals surface area contributed by atoms with Crippen LogP contribution >= 0.6 is 11.3 Å². The molecule has 0 bridgehead atoms. The van der Waals surface area contributed by atoms with E-state index in [1.165, 1.54) is 28.4 Å². The number of nitrogens with one attached hydrogen (secondary N) is 1. The van der Waals surface area contributed by atoms with Crippen molar-refractivity contribution in [2.45, 2.75) is 65.5 Å². The number of nitrogens with zero attached hydrogens (tertiary/aromatic N) is 1. The molecule has 1 N–H and O–H groups in total. The van der Waals surface area contributed by atoms with Crippen molar-refractivity contribution in [3.63, 3.8) is 0 Å². The fraction of sp³-hybridized carbons (Fsp3) is 0.812. The molecule has 20 heavy (non-hydrogen) atoms. The molecular formula is C16H28N2OS. The van der Waals surface area contributed by atoms with Crippen molar-refractivity contribution >= 4 is 11.3 Å². The molecule has 114 valence electrons. The Balaban J connectivity index is 2.19. The van der Waals surface area contributed by atoms with Crippen LogP contribution in [0.15, 0.2) is 0 Å². The standard InChI is InChI=1S/C16H28N2OS/c1-6-7-17-12-9-16(3,4)10-13-15(12)20-14(18-13)8-11(2)19-5/h11-12,17H,6-10H2,1-5H3. The van der Waals surface area contributed by atoms with Crippen molar-refractivity contribution in [1.29, 1.82) is 0 Å². The van der Waals surface area contributed by atoms with Crippen molar-refractivity contribution in [1.82, 2.24) is 10.3 Å². The molecule has 3 nitrogen and oxygen atoms in total. The van der Waals surface area contributed by atoms with Crippen LogP contribution in [0.2, 0.25) is 0 Å². The van der Waals surface area contributed by atoms with Crippen molar-refractivity contribution < 1.29 is 4.74 Å². The van der Waals surface area contributed by atoms with Crippen LogP contribution < -0.4 is 5.32 Å². The summed E-state index contributed by atoms with van der Waals surface area (Å²) in [7, 11) is 1.77. The number of hydrogen-bond acceptors (Lipinski definition) is 4. The van der Waals surface area contributed by atoms with Gasteiger partial charge in [-0.3, -0.25) is 0 Å². The van der Waals surface area contributed by atoms with Crippen LogP contribution in [-0.2, 0) is 17.6 Å². The molecule has 1 aliphatic rings. The summed E-state index contributed by atoms with van der Waals surface area (Å²) in [6.45, 7) is 10.1. The monoisotopic (exact) mass is 296 g/mol. The summed E-state index contributed by atoms with van der Waals surface area (Å²) in [6, 6.07) is 0.484. The smallest absolute Gasteiger partial charge is 0.0957 e. The average molecular weight is 296 g/mol. The van der Waals surface area contributed by atoms with Gasteiger partial charge in [0, 0.05) is 24.4 Å². The predicted octanol–water partition coefficient (Wildman–Crippen LogP) is 3.73. The van der Waals surface area contributed by atoms with Gasteiger partial charge in [0.2, 0.25) is 0 Å². The molecule has 2 unspecified atom stereocenters. The van der Waals surface area contributed by atoms with Crippen LogP contribution in [0.5, 0.6) is 0 Å². The number of thiazole rings is 1. The fourth-order valence-corrected chi connectivity index (χ4v) is 4.16. The van der Waals surface area contributed by atoms with Gasteiger partial charge in [-0.2, -0.15) is 0 Å². The molecule has 0 spiro atoms. The second kappa shape index (κ2) is 6.54. The van der Waals surface area contributed by atoms with Gasteiger partial charge in [0.25, 0.3) is 0 Å². The molecule has 1 aromatic heterocycles. The van der Waals surface area contributed by atoms with Crippen LogP contribution in [-0.4, -0.2) is 24.7 Å². The third-order valence-corrected chi connectivity index (χ3v) is 5.23. The number of rotatable bonds is 6. The minimum atomic E-state index is 0.248. The molecule has 0 fully saturated rings. The third-order valence-electron chi connectivity index (χ3n) is 4.00. The maximum Gasteiger partial charge on any atom is 0.0957 e. The molecule has 0 radical (unpaired) electrons. The summed E-state index contributed by atoms with van der Waals surface area (Å²) < 4.78 is 5.37. The summed E-state index contributed by atoms with van der Waals surface area (Å²) in [4.78, 5) is 6.36. The first-order valence-corrected chi connectivity index (χ1v) is 8.51. The molecule has 1 aliphatic carbocycles. The minimum Gasteiger partial charge on any atom is -0.381 e. The molecule has 1 heterocycles. The SMILES string of the molecule is CCCNC1CC(C)(C)Cc2nc(CC(C)OC)sc21. The van der Waals surface area contributed by atoms with E-state index in [4.69, 9.17) is 9.72 Å². The van der Waals surface area contributed by atoms with E-state index in [-0.39, 0.29) is 6.10 Å². The summed E-state index contributed by atoms with van der Waals surface area (Å²) in [5.41, 5.74) is 1.66. The van der Waals surface area contributed by atoms with Gasteiger partial charge in [-0.25, -0.2) is 4.98 Å². The third kappa shape index (κ3) is 3.80. The van der Waals surface area contributed by atoms with Crippen molar-refractivity contribution in [2.24, 2.45) is 5.41 Å². The second-order valence-electron chi connectivity index (χ2n) is 6.72. The number of hydrogen-bond donors (Lipinski definition) is 1. The highest BCUT2D eigenvalue weighted by Crippen LogP contribution is 2.43. The molecule has 0 saturated heterocycles. The summed E-state index contributed by atoms with van der Waals surface area (Å²) in [5, 5.41) is 4.93. The Hall–Kier alpha value is -0.450. The lowest BCUT2D eigenvalue weighted by molar-refractivity contribution is 0.118. The Bertz CT molecular complexity index is 442. The largest absolute Gasteiger partial charge is 0.381 e. The van der Waals surface area contributed by atoms with Crippen LogP contribution in [0, 0.1) is 5.41 Å². The zero-order chi connectivity index (χ0) is 14.8. The molecule has 2 atom stereocenters. The molecule has 1 aromatic rings. The number of ether oxygens (including phenoxy) is 1. The Kier molecular flexibility index (Phi) is 5.21. The van der Waals surface area contributed by atoms with Gasteiger partial charge in [-0.1, -0.05) is 20.8 Å². The highest BCUT2D eigenvalue weighted by molar-refractivity contribution is 7.11. The maximum atomic E-state index is 5.37. The molecule has 0 saturated carbocycles. The zero-order valence-corrected chi connectivity index (χ0v) is 14.3. The topological polar surface area (TPSA) is 34.2 Å². The van der Waals surface area contributed by atoms with Crippen molar-refractivity contribution in [2.75, 3.05) is 13.7 Å². The average Bonchev–Trinajstić information content (AvgIpc) is 2.76. The molecule has 0 aromatic carbocycles. The van der Waals surface area contributed by atoms with E-state index in [1.54, 1.807) is 7.11 Å². The van der Waals surface area contributed by atoms with Crippen LogP contribution in [0.4, 0.5) is 0 Å². The summed E-state index contributed by atoms with van der Waals surface area (Å²) in [6.07, 6.45) is 4.66. The van der Waals surface area contributed by atoms with Crippen LogP contribution in [0.25, 0.3) is 0 Å². The maximum absolute atomic E-state index is 5.37.